The van der Waals surface area contributed by atoms with Crippen LogP contribution in [-0.2, 0) is 6.42 Å². The number of carbonyl (C=O) groups excluding carboxylic acids is 1. The van der Waals surface area contributed by atoms with E-state index in [0.29, 0.717) is 37.7 Å². The average Bonchev–Trinajstić information content (AvgIpc) is 2.62. The van der Waals surface area contributed by atoms with Crippen LogP contribution >= 0.6 is 0 Å². The van der Waals surface area contributed by atoms with Gasteiger partial charge in [-0.05, 0) is 30.2 Å². The lowest BCUT2D eigenvalue weighted by Crippen LogP contribution is -2.30. The summed E-state index contributed by atoms with van der Waals surface area (Å²) in [7, 11) is 1.54. The van der Waals surface area contributed by atoms with Gasteiger partial charge in [0.15, 0.2) is 11.5 Å². The number of rotatable bonds is 5. The number of amides is 2. The second-order valence-corrected chi connectivity index (χ2v) is 5.20. The lowest BCUT2D eigenvalue weighted by Gasteiger charge is -2.18. The Labute approximate surface area is 139 Å². The van der Waals surface area contributed by atoms with Crippen molar-refractivity contribution in [1.29, 1.82) is 0 Å². The number of aromatic nitrogens is 1. The number of carbonyl (C=O) groups is 1. The highest BCUT2D eigenvalue weighted by Crippen LogP contribution is 2.30. The first-order valence-electron chi connectivity index (χ1n) is 7.68. The zero-order valence-electron chi connectivity index (χ0n) is 13.4. The molecule has 126 valence electrons. The zero-order valence-corrected chi connectivity index (χ0v) is 13.4. The molecule has 0 aliphatic carbocycles. The van der Waals surface area contributed by atoms with Crippen molar-refractivity contribution in [3.8, 4) is 17.4 Å². The van der Waals surface area contributed by atoms with E-state index in [1.165, 1.54) is 0 Å². The summed E-state index contributed by atoms with van der Waals surface area (Å²) >= 11 is 0. The summed E-state index contributed by atoms with van der Waals surface area (Å²) in [5, 5.41) is 5.52. The lowest BCUT2D eigenvalue weighted by molar-refractivity contribution is 0.171. The molecule has 3 rings (SSSR count). The molecule has 2 aromatic rings. The van der Waals surface area contributed by atoms with Crippen LogP contribution in [0.25, 0.3) is 0 Å². The molecule has 0 saturated carbocycles. The van der Waals surface area contributed by atoms with Gasteiger partial charge in [0.2, 0.25) is 5.88 Å². The Morgan fingerprint density at radius 3 is 2.79 bits per heavy atom. The van der Waals surface area contributed by atoms with E-state index in [-0.39, 0.29) is 6.03 Å². The number of hydrogen-bond acceptors (Lipinski definition) is 5. The van der Waals surface area contributed by atoms with E-state index in [0.717, 1.165) is 17.1 Å². The highest BCUT2D eigenvalue weighted by Gasteiger charge is 2.11. The van der Waals surface area contributed by atoms with Crippen molar-refractivity contribution in [2.75, 3.05) is 32.2 Å². The Bertz CT molecular complexity index is 703. The summed E-state index contributed by atoms with van der Waals surface area (Å²) in [6.07, 6.45) is 2.24. The molecule has 7 heteroatoms. The maximum absolute atomic E-state index is 11.9. The van der Waals surface area contributed by atoms with Crippen LogP contribution in [0.5, 0.6) is 17.4 Å². The summed E-state index contributed by atoms with van der Waals surface area (Å²) in [5.41, 5.74) is 1.68. The van der Waals surface area contributed by atoms with Crippen molar-refractivity contribution in [1.82, 2.24) is 10.3 Å². The third kappa shape index (κ3) is 4.07. The third-order valence-corrected chi connectivity index (χ3v) is 3.51. The predicted octanol–water partition coefficient (Wildman–Crippen LogP) is 2.23. The molecule has 0 radical (unpaired) electrons. The van der Waals surface area contributed by atoms with Crippen molar-refractivity contribution in [3.05, 3.63) is 42.1 Å². The molecule has 2 amide bonds. The average molecular weight is 329 g/mol. The molecule has 1 aromatic carbocycles. The topological polar surface area (TPSA) is 81.7 Å². The van der Waals surface area contributed by atoms with Crippen LogP contribution < -0.4 is 24.8 Å². The van der Waals surface area contributed by atoms with Crippen LogP contribution in [-0.4, -0.2) is 37.9 Å². The minimum absolute atomic E-state index is 0.278. The molecule has 1 aromatic heterocycles. The molecule has 7 nitrogen and oxygen atoms in total. The maximum Gasteiger partial charge on any atom is 0.319 e. The number of fused-ring (bicyclic) bond motifs is 1. The lowest BCUT2D eigenvalue weighted by atomic mass is 10.1. The van der Waals surface area contributed by atoms with E-state index in [1.54, 1.807) is 25.4 Å². The molecule has 24 heavy (non-hydrogen) atoms. The monoisotopic (exact) mass is 329 g/mol. The largest absolute Gasteiger partial charge is 0.486 e. The van der Waals surface area contributed by atoms with Crippen LogP contribution in [0.15, 0.2) is 36.5 Å². The number of nitrogens with zero attached hydrogens (tertiary/aromatic N) is 1. The van der Waals surface area contributed by atoms with Gasteiger partial charge in [-0.15, -0.1) is 0 Å². The van der Waals surface area contributed by atoms with E-state index in [4.69, 9.17) is 14.2 Å². The number of benzene rings is 1. The minimum Gasteiger partial charge on any atom is -0.486 e. The molecule has 2 heterocycles. The summed E-state index contributed by atoms with van der Waals surface area (Å²) in [6, 6.07) is 8.95. The van der Waals surface area contributed by atoms with Crippen molar-refractivity contribution in [2.24, 2.45) is 0 Å². The zero-order chi connectivity index (χ0) is 16.8. The summed E-state index contributed by atoms with van der Waals surface area (Å²) in [5.74, 6) is 2.02. The molecular formula is C17H19N3O4. The van der Waals surface area contributed by atoms with Crippen LogP contribution in [0.3, 0.4) is 0 Å². The van der Waals surface area contributed by atoms with Crippen molar-refractivity contribution in [2.45, 2.75) is 6.42 Å². The smallest absolute Gasteiger partial charge is 0.319 e. The molecule has 0 spiro atoms. The molecule has 0 fully saturated rings. The van der Waals surface area contributed by atoms with Crippen LogP contribution in [0.1, 0.15) is 5.56 Å². The van der Waals surface area contributed by atoms with E-state index in [1.807, 2.05) is 18.2 Å². The first kappa shape index (κ1) is 15.9. The normalized spacial score (nSPS) is 12.4. The molecule has 2 N–H and O–H groups in total. The van der Waals surface area contributed by atoms with E-state index < -0.39 is 0 Å². The number of nitrogens with one attached hydrogen (secondary N) is 2. The van der Waals surface area contributed by atoms with Gasteiger partial charge in [0.1, 0.15) is 13.2 Å². The number of hydrogen-bond donors (Lipinski definition) is 2. The Balaban J connectivity index is 1.46. The van der Waals surface area contributed by atoms with Gasteiger partial charge in [0, 0.05) is 12.6 Å². The molecule has 0 bridgehead atoms. The van der Waals surface area contributed by atoms with Gasteiger partial charge in [0.05, 0.1) is 19.0 Å². The molecular weight excluding hydrogens is 310 g/mol. The van der Waals surface area contributed by atoms with Crippen LogP contribution in [0, 0.1) is 0 Å². The van der Waals surface area contributed by atoms with Gasteiger partial charge < -0.3 is 24.8 Å². The van der Waals surface area contributed by atoms with Crippen LogP contribution in [0.4, 0.5) is 10.5 Å². The quantitative estimate of drug-likeness (QED) is 0.879. The van der Waals surface area contributed by atoms with Crippen LogP contribution in [0.2, 0.25) is 0 Å². The van der Waals surface area contributed by atoms with E-state index >= 15 is 0 Å². The summed E-state index contributed by atoms with van der Waals surface area (Å²) in [4.78, 5) is 15.9. The van der Waals surface area contributed by atoms with Crippen molar-refractivity contribution >= 4 is 11.7 Å². The summed E-state index contributed by atoms with van der Waals surface area (Å²) in [6.45, 7) is 1.65. The Kier molecular flexibility index (Phi) is 5.00. The fourth-order valence-electron chi connectivity index (χ4n) is 2.31. The Hall–Kier alpha value is -2.96. The molecule has 1 aliphatic rings. The van der Waals surface area contributed by atoms with Gasteiger partial charge in [0.25, 0.3) is 0 Å². The van der Waals surface area contributed by atoms with Gasteiger partial charge in [-0.25, -0.2) is 9.78 Å². The molecule has 0 atom stereocenters. The minimum atomic E-state index is -0.278. The Morgan fingerprint density at radius 1 is 1.21 bits per heavy atom. The first-order valence-corrected chi connectivity index (χ1v) is 7.68. The molecule has 1 aliphatic heterocycles. The fourth-order valence-corrected chi connectivity index (χ4v) is 2.31. The SMILES string of the molecule is COc1ccc(NC(=O)NCCc2ccc3c(c2)OCCO3)cn1. The van der Waals surface area contributed by atoms with Crippen molar-refractivity contribution < 1.29 is 19.0 Å². The van der Waals surface area contributed by atoms with Gasteiger partial charge in [-0.2, -0.15) is 0 Å². The Morgan fingerprint density at radius 2 is 2.04 bits per heavy atom. The second-order valence-electron chi connectivity index (χ2n) is 5.20. The number of pyridine rings is 1. The number of anilines is 1. The van der Waals surface area contributed by atoms with E-state index in [9.17, 15) is 4.79 Å². The van der Waals surface area contributed by atoms with Gasteiger partial charge in [-0.1, -0.05) is 6.07 Å². The number of methoxy groups -OCH3 is 1. The standard InChI is InChI=1S/C17H19N3O4/c1-22-16-5-3-13(11-19-16)20-17(21)18-7-6-12-2-4-14-15(10-12)24-9-8-23-14/h2-5,10-11H,6-9H2,1H3,(H2,18,20,21). The predicted molar refractivity (Wildman–Crippen MR) is 88.9 cm³/mol. The molecule has 0 unspecified atom stereocenters. The number of urea groups is 1. The van der Waals surface area contributed by atoms with E-state index in [2.05, 4.69) is 15.6 Å². The highest BCUT2D eigenvalue weighted by atomic mass is 16.6. The number of ether oxygens (including phenoxy) is 3. The maximum atomic E-state index is 11.9. The summed E-state index contributed by atoms with van der Waals surface area (Å²) < 4.78 is 16.0. The first-order chi connectivity index (χ1) is 11.7. The fraction of sp³-hybridized carbons (Fsp3) is 0.294. The second kappa shape index (κ2) is 7.54. The third-order valence-electron chi connectivity index (χ3n) is 3.51. The highest BCUT2D eigenvalue weighted by molar-refractivity contribution is 5.89. The van der Waals surface area contributed by atoms with Gasteiger partial charge in [-0.3, -0.25) is 0 Å². The van der Waals surface area contributed by atoms with Gasteiger partial charge >= 0.3 is 6.03 Å². The molecule has 0 saturated heterocycles. The van der Waals surface area contributed by atoms with Crippen molar-refractivity contribution in [3.63, 3.8) is 0 Å².